The van der Waals surface area contributed by atoms with Crippen molar-refractivity contribution in [2.45, 2.75) is 39.2 Å². The van der Waals surface area contributed by atoms with E-state index in [9.17, 15) is 0 Å². The minimum atomic E-state index is 0.389. The first-order valence-corrected chi connectivity index (χ1v) is 8.99. The zero-order valence-corrected chi connectivity index (χ0v) is 14.7. The summed E-state index contributed by atoms with van der Waals surface area (Å²) >= 11 is 6.60. The lowest BCUT2D eigenvalue weighted by molar-refractivity contribution is 0.240. The van der Waals surface area contributed by atoms with Crippen molar-refractivity contribution in [2.24, 2.45) is 5.41 Å². The van der Waals surface area contributed by atoms with Crippen LogP contribution in [0.4, 0.5) is 0 Å². The molecule has 0 spiro atoms. The molecular formula is C21H24ClN. The number of likely N-dealkylation sites (tertiary alicyclic amines) is 1. The van der Waals surface area contributed by atoms with Crippen molar-refractivity contribution in [3.05, 3.63) is 69.7 Å². The third-order valence-corrected chi connectivity index (χ3v) is 6.44. The molecule has 120 valence electrons. The minimum absolute atomic E-state index is 0.389. The average molecular weight is 326 g/mol. The van der Waals surface area contributed by atoms with Crippen molar-refractivity contribution in [3.63, 3.8) is 0 Å². The Labute approximate surface area is 144 Å². The highest BCUT2D eigenvalue weighted by Crippen LogP contribution is 2.51. The summed E-state index contributed by atoms with van der Waals surface area (Å²) in [6.45, 7) is 7.99. The predicted octanol–water partition coefficient (Wildman–Crippen LogP) is 5.20. The first kappa shape index (κ1) is 15.2. The van der Waals surface area contributed by atoms with Gasteiger partial charge in [-0.25, -0.2) is 0 Å². The van der Waals surface area contributed by atoms with Crippen LogP contribution in [0.25, 0.3) is 0 Å². The largest absolute Gasteiger partial charge is 0.298 e. The summed E-state index contributed by atoms with van der Waals surface area (Å²) in [7, 11) is 0. The van der Waals surface area contributed by atoms with Gasteiger partial charge in [-0.2, -0.15) is 0 Å². The molecule has 2 aliphatic rings. The normalized spacial score (nSPS) is 26.8. The lowest BCUT2D eigenvalue weighted by Crippen LogP contribution is -2.30. The molecule has 0 N–H and O–H groups in total. The number of benzene rings is 2. The maximum Gasteiger partial charge on any atom is 0.0470 e. The Morgan fingerprint density at radius 2 is 1.96 bits per heavy atom. The monoisotopic (exact) mass is 325 g/mol. The highest BCUT2D eigenvalue weighted by Gasteiger charge is 2.46. The van der Waals surface area contributed by atoms with Gasteiger partial charge in [-0.05, 0) is 47.4 Å². The number of fused-ring (bicyclic) bond motifs is 3. The first-order chi connectivity index (χ1) is 11.1. The quantitative estimate of drug-likeness (QED) is 0.733. The Hall–Kier alpha value is -1.31. The van der Waals surface area contributed by atoms with E-state index in [1.54, 1.807) is 0 Å². The van der Waals surface area contributed by atoms with Crippen LogP contribution >= 0.6 is 11.6 Å². The van der Waals surface area contributed by atoms with Crippen LogP contribution in [-0.2, 0) is 13.0 Å². The van der Waals surface area contributed by atoms with E-state index < -0.39 is 0 Å². The summed E-state index contributed by atoms with van der Waals surface area (Å²) in [6, 6.07) is 15.4. The molecule has 1 nitrogen and oxygen atoms in total. The van der Waals surface area contributed by atoms with Gasteiger partial charge in [-0.1, -0.05) is 61.0 Å². The van der Waals surface area contributed by atoms with Gasteiger partial charge >= 0.3 is 0 Å². The van der Waals surface area contributed by atoms with E-state index in [1.807, 2.05) is 0 Å². The molecule has 0 radical (unpaired) electrons. The minimum Gasteiger partial charge on any atom is -0.298 e. The Morgan fingerprint density at radius 3 is 2.74 bits per heavy atom. The van der Waals surface area contributed by atoms with Crippen LogP contribution in [0.1, 0.15) is 41.5 Å². The zero-order valence-electron chi connectivity index (χ0n) is 14.0. The second-order valence-electron chi connectivity index (χ2n) is 7.63. The number of hydrogen-bond acceptors (Lipinski definition) is 1. The molecule has 0 saturated carbocycles. The lowest BCUT2D eigenvalue weighted by atomic mass is 9.67. The Morgan fingerprint density at radius 1 is 1.17 bits per heavy atom. The van der Waals surface area contributed by atoms with E-state index in [0.29, 0.717) is 11.3 Å². The molecule has 0 aromatic heterocycles. The van der Waals surface area contributed by atoms with E-state index in [1.165, 1.54) is 35.2 Å². The van der Waals surface area contributed by atoms with E-state index in [-0.39, 0.29) is 0 Å². The van der Waals surface area contributed by atoms with Gasteiger partial charge in [0.05, 0.1) is 0 Å². The summed E-state index contributed by atoms with van der Waals surface area (Å²) in [5.41, 5.74) is 5.94. The first-order valence-electron chi connectivity index (χ1n) is 8.61. The molecule has 0 unspecified atom stereocenters. The maximum atomic E-state index is 6.60. The number of halogens is 1. The van der Waals surface area contributed by atoms with Gasteiger partial charge in [-0.3, -0.25) is 4.90 Å². The van der Waals surface area contributed by atoms with Crippen molar-refractivity contribution in [3.8, 4) is 0 Å². The average Bonchev–Trinajstić information content (AvgIpc) is 2.88. The highest BCUT2D eigenvalue weighted by atomic mass is 35.5. The van der Waals surface area contributed by atoms with E-state index in [0.717, 1.165) is 24.5 Å². The van der Waals surface area contributed by atoms with Crippen LogP contribution in [0, 0.1) is 12.3 Å². The van der Waals surface area contributed by atoms with Gasteiger partial charge in [0.1, 0.15) is 0 Å². The highest BCUT2D eigenvalue weighted by molar-refractivity contribution is 6.32. The molecule has 2 heteroatoms. The van der Waals surface area contributed by atoms with Gasteiger partial charge in [0, 0.05) is 30.6 Å². The maximum absolute atomic E-state index is 6.60. The Kier molecular flexibility index (Phi) is 3.74. The van der Waals surface area contributed by atoms with Crippen LogP contribution < -0.4 is 0 Å². The van der Waals surface area contributed by atoms with Crippen molar-refractivity contribution >= 4 is 11.6 Å². The molecule has 1 aliphatic heterocycles. The summed E-state index contributed by atoms with van der Waals surface area (Å²) in [5.74, 6) is 0.619. The molecule has 2 aromatic rings. The summed E-state index contributed by atoms with van der Waals surface area (Å²) in [6.07, 6.45) is 2.38. The van der Waals surface area contributed by atoms with Crippen LogP contribution in [0.3, 0.4) is 0 Å². The Balaban J connectivity index is 1.63. The smallest absolute Gasteiger partial charge is 0.0470 e. The van der Waals surface area contributed by atoms with Crippen LogP contribution in [-0.4, -0.2) is 18.0 Å². The fourth-order valence-electron chi connectivity index (χ4n) is 4.60. The molecule has 4 rings (SSSR count). The standard InChI is InChI=1S/C21H24ClN/c1-15-8-9-17-18(20(15)22)10-11-21(2)14-23(13-19(17)21)12-16-6-4-3-5-7-16/h3-9,19H,10-14H2,1-2H3/t19-,21-/m1/s1. The molecule has 1 aliphatic carbocycles. The zero-order chi connectivity index (χ0) is 16.0. The molecule has 23 heavy (non-hydrogen) atoms. The summed E-state index contributed by atoms with van der Waals surface area (Å²) in [4.78, 5) is 2.63. The predicted molar refractivity (Wildman–Crippen MR) is 97.1 cm³/mol. The molecule has 1 fully saturated rings. The van der Waals surface area contributed by atoms with Crippen LogP contribution in [0.15, 0.2) is 42.5 Å². The lowest BCUT2D eigenvalue weighted by Gasteiger charge is -2.37. The second-order valence-corrected chi connectivity index (χ2v) is 8.00. The molecule has 0 amide bonds. The molecule has 2 atom stereocenters. The van der Waals surface area contributed by atoms with Gasteiger partial charge in [-0.15, -0.1) is 0 Å². The molecule has 1 heterocycles. The third kappa shape index (κ3) is 2.60. The van der Waals surface area contributed by atoms with Gasteiger partial charge in [0.15, 0.2) is 0 Å². The number of aryl methyl sites for hydroxylation is 1. The van der Waals surface area contributed by atoms with Crippen molar-refractivity contribution in [2.75, 3.05) is 13.1 Å². The van der Waals surface area contributed by atoms with E-state index in [4.69, 9.17) is 11.6 Å². The summed E-state index contributed by atoms with van der Waals surface area (Å²) in [5, 5.41) is 1.01. The van der Waals surface area contributed by atoms with Crippen LogP contribution in [0.5, 0.6) is 0 Å². The van der Waals surface area contributed by atoms with E-state index in [2.05, 4.69) is 61.2 Å². The van der Waals surface area contributed by atoms with Gasteiger partial charge < -0.3 is 0 Å². The van der Waals surface area contributed by atoms with Crippen molar-refractivity contribution < 1.29 is 0 Å². The van der Waals surface area contributed by atoms with Crippen molar-refractivity contribution in [1.29, 1.82) is 0 Å². The van der Waals surface area contributed by atoms with Gasteiger partial charge in [0.25, 0.3) is 0 Å². The second kappa shape index (κ2) is 5.65. The number of hydrogen-bond donors (Lipinski definition) is 0. The fraction of sp³-hybridized carbons (Fsp3) is 0.429. The fourth-order valence-corrected chi connectivity index (χ4v) is 4.86. The topological polar surface area (TPSA) is 3.24 Å². The van der Waals surface area contributed by atoms with Gasteiger partial charge in [0.2, 0.25) is 0 Å². The van der Waals surface area contributed by atoms with E-state index >= 15 is 0 Å². The number of nitrogens with zero attached hydrogens (tertiary/aromatic N) is 1. The SMILES string of the molecule is Cc1ccc2c(c1Cl)CC[C@]1(C)CN(Cc3ccccc3)C[C@H]21. The van der Waals surface area contributed by atoms with Crippen LogP contribution in [0.2, 0.25) is 5.02 Å². The number of rotatable bonds is 2. The summed E-state index contributed by atoms with van der Waals surface area (Å²) < 4.78 is 0. The Bertz CT molecular complexity index is 724. The molecule has 1 saturated heterocycles. The van der Waals surface area contributed by atoms with Crippen molar-refractivity contribution in [1.82, 2.24) is 4.90 Å². The third-order valence-electron chi connectivity index (χ3n) is 5.91. The molecular weight excluding hydrogens is 302 g/mol. The molecule has 2 aromatic carbocycles. The molecule has 0 bridgehead atoms.